The van der Waals surface area contributed by atoms with Crippen molar-refractivity contribution < 1.29 is 8.91 Å². The summed E-state index contributed by atoms with van der Waals surface area (Å²) >= 11 is 12.0. The predicted octanol–water partition coefficient (Wildman–Crippen LogP) is 3.94. The standard InChI is InChI=1S/C17H9Cl2FN4O2/c18-10-5-12-15(13(19)6-10)21-8-24(17(12)25)7-14-22-16(23-26-14)9-1-3-11(20)4-2-9/h1-6,8H,7H2. The molecule has 0 unspecified atom stereocenters. The van der Waals surface area contributed by atoms with Gasteiger partial charge in [0.25, 0.3) is 5.56 Å². The van der Waals surface area contributed by atoms with Crippen LogP contribution in [0.3, 0.4) is 0 Å². The van der Waals surface area contributed by atoms with E-state index in [9.17, 15) is 9.18 Å². The maximum atomic E-state index is 13.0. The third-order valence-corrected chi connectivity index (χ3v) is 4.23. The third kappa shape index (κ3) is 3.07. The molecule has 2 aromatic carbocycles. The lowest BCUT2D eigenvalue weighted by Gasteiger charge is -2.05. The Morgan fingerprint density at radius 2 is 1.92 bits per heavy atom. The van der Waals surface area contributed by atoms with Gasteiger partial charge in [0.15, 0.2) is 0 Å². The molecular weight excluding hydrogens is 382 g/mol. The number of fused-ring (bicyclic) bond motifs is 1. The molecule has 0 aliphatic heterocycles. The van der Waals surface area contributed by atoms with Gasteiger partial charge in [-0.1, -0.05) is 28.4 Å². The summed E-state index contributed by atoms with van der Waals surface area (Å²) in [5.74, 6) is 0.150. The molecule has 0 bridgehead atoms. The van der Waals surface area contributed by atoms with Crippen LogP contribution < -0.4 is 5.56 Å². The second-order valence-electron chi connectivity index (χ2n) is 5.48. The van der Waals surface area contributed by atoms with Gasteiger partial charge in [-0.05, 0) is 36.4 Å². The maximum absolute atomic E-state index is 13.0. The average molecular weight is 391 g/mol. The summed E-state index contributed by atoms with van der Waals surface area (Å²) in [5.41, 5.74) is 0.639. The number of nitrogens with zero attached hydrogens (tertiary/aromatic N) is 4. The zero-order valence-electron chi connectivity index (χ0n) is 13.0. The van der Waals surface area contributed by atoms with Crippen molar-refractivity contribution in [2.24, 2.45) is 0 Å². The topological polar surface area (TPSA) is 73.8 Å². The van der Waals surface area contributed by atoms with Crippen molar-refractivity contribution in [1.82, 2.24) is 19.7 Å². The van der Waals surface area contributed by atoms with E-state index >= 15 is 0 Å². The Morgan fingerprint density at radius 1 is 1.15 bits per heavy atom. The van der Waals surface area contributed by atoms with Crippen molar-refractivity contribution in [2.45, 2.75) is 6.54 Å². The molecular formula is C17H9Cl2FN4O2. The van der Waals surface area contributed by atoms with E-state index in [4.69, 9.17) is 27.7 Å². The minimum absolute atomic E-state index is 0.0279. The van der Waals surface area contributed by atoms with Crippen LogP contribution >= 0.6 is 23.2 Å². The van der Waals surface area contributed by atoms with Gasteiger partial charge in [0, 0.05) is 10.6 Å². The molecule has 0 saturated heterocycles. The summed E-state index contributed by atoms with van der Waals surface area (Å²) in [6.07, 6.45) is 1.35. The van der Waals surface area contributed by atoms with Gasteiger partial charge in [-0.2, -0.15) is 4.98 Å². The van der Waals surface area contributed by atoms with Gasteiger partial charge in [0.1, 0.15) is 12.4 Å². The fourth-order valence-corrected chi connectivity index (χ4v) is 3.03. The summed E-state index contributed by atoms with van der Waals surface area (Å²) < 4.78 is 19.5. The van der Waals surface area contributed by atoms with Gasteiger partial charge in [-0.15, -0.1) is 0 Å². The maximum Gasteiger partial charge on any atom is 0.261 e. The van der Waals surface area contributed by atoms with Gasteiger partial charge in [0.05, 0.1) is 22.3 Å². The number of hydrogen-bond donors (Lipinski definition) is 0. The Balaban J connectivity index is 1.69. The smallest absolute Gasteiger partial charge is 0.261 e. The van der Waals surface area contributed by atoms with Crippen LogP contribution in [0.1, 0.15) is 5.89 Å². The van der Waals surface area contributed by atoms with Crippen LogP contribution in [0.15, 0.2) is 52.0 Å². The molecule has 0 aliphatic rings. The molecule has 26 heavy (non-hydrogen) atoms. The summed E-state index contributed by atoms with van der Waals surface area (Å²) in [6.45, 7) is 0.0279. The van der Waals surface area contributed by atoms with Crippen LogP contribution in [0.2, 0.25) is 10.0 Å². The van der Waals surface area contributed by atoms with E-state index in [1.165, 1.54) is 47.3 Å². The Hall–Kier alpha value is -2.77. The number of rotatable bonds is 3. The van der Waals surface area contributed by atoms with Gasteiger partial charge < -0.3 is 4.52 Å². The Labute approximate surface area is 155 Å². The van der Waals surface area contributed by atoms with E-state index in [-0.39, 0.29) is 23.8 Å². The van der Waals surface area contributed by atoms with Gasteiger partial charge in [-0.25, -0.2) is 9.37 Å². The van der Waals surface area contributed by atoms with Crippen LogP contribution in [0.25, 0.3) is 22.3 Å². The normalized spacial score (nSPS) is 11.2. The molecule has 6 nitrogen and oxygen atoms in total. The quantitative estimate of drug-likeness (QED) is 0.529. The van der Waals surface area contributed by atoms with Crippen LogP contribution in [0.5, 0.6) is 0 Å². The predicted molar refractivity (Wildman–Crippen MR) is 94.8 cm³/mol. The zero-order chi connectivity index (χ0) is 18.3. The lowest BCUT2D eigenvalue weighted by Crippen LogP contribution is -2.21. The van der Waals surface area contributed by atoms with E-state index in [1.54, 1.807) is 0 Å². The highest BCUT2D eigenvalue weighted by Crippen LogP contribution is 2.24. The first-order valence-electron chi connectivity index (χ1n) is 7.44. The zero-order valence-corrected chi connectivity index (χ0v) is 14.5. The second-order valence-corrected chi connectivity index (χ2v) is 6.32. The van der Waals surface area contributed by atoms with E-state index in [0.717, 1.165) is 0 Å². The molecule has 0 aliphatic carbocycles. The second kappa shape index (κ2) is 6.51. The van der Waals surface area contributed by atoms with Gasteiger partial charge in [0.2, 0.25) is 11.7 Å². The number of aromatic nitrogens is 4. The fraction of sp³-hybridized carbons (Fsp3) is 0.0588. The van der Waals surface area contributed by atoms with Crippen molar-refractivity contribution in [3.8, 4) is 11.4 Å². The highest BCUT2D eigenvalue weighted by Gasteiger charge is 2.13. The Kier molecular flexibility index (Phi) is 4.18. The van der Waals surface area contributed by atoms with E-state index in [1.807, 2.05) is 0 Å². The summed E-state index contributed by atoms with van der Waals surface area (Å²) in [4.78, 5) is 21.0. The lowest BCUT2D eigenvalue weighted by molar-refractivity contribution is 0.369. The SMILES string of the molecule is O=c1c2cc(Cl)cc(Cl)c2ncn1Cc1nc(-c2ccc(F)cc2)no1. The first kappa shape index (κ1) is 16.7. The largest absolute Gasteiger partial charge is 0.337 e. The minimum Gasteiger partial charge on any atom is -0.337 e. The molecule has 4 rings (SSSR count). The van der Waals surface area contributed by atoms with Gasteiger partial charge in [-0.3, -0.25) is 9.36 Å². The molecule has 0 fully saturated rings. The van der Waals surface area contributed by atoms with Crippen LogP contribution in [0.4, 0.5) is 4.39 Å². The Morgan fingerprint density at radius 3 is 2.69 bits per heavy atom. The first-order chi connectivity index (χ1) is 12.5. The third-order valence-electron chi connectivity index (χ3n) is 3.72. The van der Waals surface area contributed by atoms with Crippen LogP contribution in [-0.4, -0.2) is 19.7 Å². The fourth-order valence-electron chi connectivity index (χ4n) is 2.49. The monoisotopic (exact) mass is 390 g/mol. The number of benzene rings is 2. The number of halogens is 3. The summed E-state index contributed by atoms with van der Waals surface area (Å²) in [7, 11) is 0. The lowest BCUT2D eigenvalue weighted by atomic mass is 10.2. The van der Waals surface area contributed by atoms with Crippen LogP contribution in [-0.2, 0) is 6.54 Å². The Bertz CT molecular complexity index is 1170. The van der Waals surface area contributed by atoms with E-state index in [2.05, 4.69) is 15.1 Å². The minimum atomic E-state index is -0.358. The van der Waals surface area contributed by atoms with Crippen molar-refractivity contribution >= 4 is 34.1 Å². The molecule has 0 amide bonds. The van der Waals surface area contributed by atoms with Crippen molar-refractivity contribution in [1.29, 1.82) is 0 Å². The molecule has 130 valence electrons. The van der Waals surface area contributed by atoms with Crippen LogP contribution in [0, 0.1) is 5.82 Å². The van der Waals surface area contributed by atoms with Crippen molar-refractivity contribution in [3.63, 3.8) is 0 Å². The molecule has 0 radical (unpaired) electrons. The van der Waals surface area contributed by atoms with Gasteiger partial charge >= 0.3 is 0 Å². The first-order valence-corrected chi connectivity index (χ1v) is 8.19. The molecule has 4 aromatic rings. The molecule has 9 heteroatoms. The molecule has 0 atom stereocenters. The van der Waals surface area contributed by atoms with E-state index < -0.39 is 0 Å². The highest BCUT2D eigenvalue weighted by atomic mass is 35.5. The highest BCUT2D eigenvalue weighted by molar-refractivity contribution is 6.38. The molecule has 2 heterocycles. The van der Waals surface area contributed by atoms with Crippen molar-refractivity contribution in [2.75, 3.05) is 0 Å². The summed E-state index contributed by atoms with van der Waals surface area (Å²) in [5, 5.41) is 4.78. The average Bonchev–Trinajstić information content (AvgIpc) is 3.07. The van der Waals surface area contributed by atoms with E-state index in [0.29, 0.717) is 32.3 Å². The molecule has 0 saturated carbocycles. The number of hydrogen-bond acceptors (Lipinski definition) is 5. The van der Waals surface area contributed by atoms with Crippen molar-refractivity contribution in [3.05, 3.63) is 74.8 Å². The molecule has 0 spiro atoms. The molecule has 2 aromatic heterocycles. The molecule has 0 N–H and O–H groups in total. The summed E-state index contributed by atoms with van der Waals surface area (Å²) in [6, 6.07) is 8.71.